The van der Waals surface area contributed by atoms with Crippen molar-refractivity contribution in [3.05, 3.63) is 80.7 Å². The fourth-order valence-corrected chi connectivity index (χ4v) is 4.37. The summed E-state index contributed by atoms with van der Waals surface area (Å²) >= 11 is 7.01. The Hall–Kier alpha value is -2.95. The number of terminal acetylenes is 1. The second-order valence-electron chi connectivity index (χ2n) is 7.02. The molecule has 0 aliphatic carbocycles. The van der Waals surface area contributed by atoms with Crippen LogP contribution in [0.2, 0.25) is 0 Å². The molecule has 1 unspecified atom stereocenters. The Morgan fingerprint density at radius 3 is 2.62 bits per heavy atom. The average molecular weight is 556 g/mol. The van der Waals surface area contributed by atoms with Crippen molar-refractivity contribution in [1.29, 1.82) is 0 Å². The Kier molecular flexibility index (Phi) is 6.73. The number of hydrogen-bond acceptors (Lipinski definition) is 4. The van der Waals surface area contributed by atoms with Gasteiger partial charge in [-0.05, 0) is 55.5 Å². The van der Waals surface area contributed by atoms with Crippen LogP contribution in [0.3, 0.4) is 0 Å². The maximum atomic E-state index is 13.8. The number of carbonyl (C=O) groups is 1. The molecule has 162 valence electrons. The van der Waals surface area contributed by atoms with Crippen LogP contribution in [0.4, 0.5) is 11.4 Å². The number of amides is 1. The molecule has 0 radical (unpaired) electrons. The number of nitrogens with one attached hydrogen (secondary N) is 1. The average Bonchev–Trinajstić information content (AvgIpc) is 2.79. The number of carbonyl (C=O) groups excluding carboxylic acids is 1. The molecule has 1 aliphatic heterocycles. The van der Waals surface area contributed by atoms with E-state index in [0.29, 0.717) is 29.4 Å². The van der Waals surface area contributed by atoms with Crippen molar-refractivity contribution < 1.29 is 14.3 Å². The lowest BCUT2D eigenvalue weighted by atomic mass is 10.0. The zero-order valence-electron chi connectivity index (χ0n) is 17.3. The van der Waals surface area contributed by atoms with Gasteiger partial charge in [-0.25, -0.2) is 0 Å². The highest BCUT2D eigenvalue weighted by molar-refractivity contribution is 9.10. The third kappa shape index (κ3) is 4.47. The minimum Gasteiger partial charge on any atom is -0.494 e. The SMILES string of the molecule is C#CCOc1ccc(Br)cc1C1Nc2ccc(Br)cc2C(=O)N1c1cccc(OCC)c1. The maximum absolute atomic E-state index is 13.8. The van der Waals surface area contributed by atoms with Crippen molar-refractivity contribution in [2.45, 2.75) is 13.1 Å². The first-order valence-corrected chi connectivity index (χ1v) is 11.6. The molecule has 0 saturated heterocycles. The summed E-state index contributed by atoms with van der Waals surface area (Å²) < 4.78 is 13.2. The normalized spacial score (nSPS) is 14.9. The van der Waals surface area contributed by atoms with E-state index in [2.05, 4.69) is 43.1 Å². The van der Waals surface area contributed by atoms with Crippen LogP contribution in [0.15, 0.2) is 69.6 Å². The van der Waals surface area contributed by atoms with Gasteiger partial charge in [-0.2, -0.15) is 0 Å². The van der Waals surface area contributed by atoms with Gasteiger partial charge in [-0.3, -0.25) is 9.69 Å². The monoisotopic (exact) mass is 554 g/mol. The third-order valence-corrected chi connectivity index (χ3v) is 5.95. The van der Waals surface area contributed by atoms with Crippen LogP contribution in [0.25, 0.3) is 0 Å². The van der Waals surface area contributed by atoms with Crippen molar-refractivity contribution in [3.63, 3.8) is 0 Å². The molecule has 0 saturated carbocycles. The molecule has 0 spiro atoms. The lowest BCUT2D eigenvalue weighted by Crippen LogP contribution is -2.43. The van der Waals surface area contributed by atoms with E-state index in [1.807, 2.05) is 67.6 Å². The van der Waals surface area contributed by atoms with E-state index in [1.165, 1.54) is 0 Å². The van der Waals surface area contributed by atoms with Gasteiger partial charge in [0.15, 0.2) is 0 Å². The highest BCUT2D eigenvalue weighted by Crippen LogP contribution is 2.41. The molecular weight excluding hydrogens is 536 g/mol. The third-order valence-electron chi connectivity index (χ3n) is 4.97. The molecular formula is C25H20Br2N2O3. The minimum absolute atomic E-state index is 0.124. The molecule has 1 heterocycles. The quantitative estimate of drug-likeness (QED) is 0.358. The van der Waals surface area contributed by atoms with Gasteiger partial charge in [-0.15, -0.1) is 6.42 Å². The summed E-state index contributed by atoms with van der Waals surface area (Å²) in [6.07, 6.45) is 4.89. The van der Waals surface area contributed by atoms with Crippen LogP contribution >= 0.6 is 31.9 Å². The summed E-state index contributed by atoms with van der Waals surface area (Å²) in [5, 5.41) is 3.51. The molecule has 7 heteroatoms. The van der Waals surface area contributed by atoms with E-state index < -0.39 is 6.17 Å². The smallest absolute Gasteiger partial charge is 0.262 e. The topological polar surface area (TPSA) is 50.8 Å². The molecule has 1 amide bonds. The largest absolute Gasteiger partial charge is 0.494 e. The summed E-state index contributed by atoms with van der Waals surface area (Å²) in [4.78, 5) is 15.5. The Balaban J connectivity index is 1.88. The van der Waals surface area contributed by atoms with Crippen LogP contribution in [0, 0.1) is 12.3 Å². The van der Waals surface area contributed by atoms with E-state index in [0.717, 1.165) is 20.2 Å². The molecule has 4 rings (SSSR count). The minimum atomic E-state index is -0.529. The molecule has 3 aromatic rings. The number of halogens is 2. The fraction of sp³-hybridized carbons (Fsp3) is 0.160. The van der Waals surface area contributed by atoms with Crippen molar-refractivity contribution in [3.8, 4) is 23.8 Å². The van der Waals surface area contributed by atoms with Gasteiger partial charge < -0.3 is 14.8 Å². The Bertz CT molecular complexity index is 1210. The van der Waals surface area contributed by atoms with Crippen molar-refractivity contribution >= 4 is 49.1 Å². The Morgan fingerprint density at radius 1 is 1.06 bits per heavy atom. The highest BCUT2D eigenvalue weighted by atomic mass is 79.9. The van der Waals surface area contributed by atoms with Gasteiger partial charge in [0, 0.05) is 26.3 Å². The van der Waals surface area contributed by atoms with Crippen molar-refractivity contribution in [2.24, 2.45) is 0 Å². The van der Waals surface area contributed by atoms with E-state index in [4.69, 9.17) is 15.9 Å². The molecule has 0 fully saturated rings. The van der Waals surface area contributed by atoms with Crippen LogP contribution < -0.4 is 19.7 Å². The van der Waals surface area contributed by atoms with Gasteiger partial charge in [-0.1, -0.05) is 43.8 Å². The van der Waals surface area contributed by atoms with Crippen molar-refractivity contribution in [1.82, 2.24) is 0 Å². The van der Waals surface area contributed by atoms with Gasteiger partial charge in [0.25, 0.3) is 5.91 Å². The van der Waals surface area contributed by atoms with Gasteiger partial charge in [0.05, 0.1) is 17.9 Å². The van der Waals surface area contributed by atoms with E-state index in [-0.39, 0.29) is 12.5 Å². The van der Waals surface area contributed by atoms with Crippen LogP contribution in [-0.2, 0) is 0 Å². The number of fused-ring (bicyclic) bond motifs is 1. The Morgan fingerprint density at radius 2 is 1.84 bits per heavy atom. The molecule has 1 atom stereocenters. The van der Waals surface area contributed by atoms with E-state index >= 15 is 0 Å². The van der Waals surface area contributed by atoms with Gasteiger partial charge >= 0.3 is 0 Å². The number of anilines is 2. The van der Waals surface area contributed by atoms with Gasteiger partial charge in [0.1, 0.15) is 24.3 Å². The first-order chi connectivity index (χ1) is 15.5. The second kappa shape index (κ2) is 9.68. The molecule has 32 heavy (non-hydrogen) atoms. The lowest BCUT2D eigenvalue weighted by Gasteiger charge is -2.39. The predicted octanol–water partition coefficient (Wildman–Crippen LogP) is 6.39. The summed E-state index contributed by atoms with van der Waals surface area (Å²) in [6.45, 7) is 2.58. The lowest BCUT2D eigenvalue weighted by molar-refractivity contribution is 0.0974. The maximum Gasteiger partial charge on any atom is 0.262 e. The van der Waals surface area contributed by atoms with Crippen molar-refractivity contribution in [2.75, 3.05) is 23.4 Å². The summed E-state index contributed by atoms with van der Waals surface area (Å²) in [5.41, 5.74) is 2.78. The first kappa shape index (κ1) is 22.3. The molecule has 5 nitrogen and oxygen atoms in total. The fourth-order valence-electron chi connectivity index (χ4n) is 3.63. The van der Waals surface area contributed by atoms with Crippen LogP contribution in [0.1, 0.15) is 29.0 Å². The zero-order chi connectivity index (χ0) is 22.7. The van der Waals surface area contributed by atoms with Gasteiger partial charge in [0.2, 0.25) is 0 Å². The predicted molar refractivity (Wildman–Crippen MR) is 133 cm³/mol. The number of nitrogens with zero attached hydrogens (tertiary/aromatic N) is 1. The first-order valence-electron chi connectivity index (χ1n) is 10.00. The number of ether oxygens (including phenoxy) is 2. The molecule has 0 aromatic heterocycles. The molecule has 1 N–H and O–H groups in total. The standard InChI is InChI=1S/C25H20Br2N2O3/c1-3-12-32-23-11-9-17(27)14-21(23)24-28-22-10-8-16(26)13-20(22)25(30)29(24)18-6-5-7-19(15-18)31-4-2/h1,5-11,13-15,24,28H,4,12H2,2H3. The van der Waals surface area contributed by atoms with E-state index in [9.17, 15) is 4.79 Å². The Labute approximate surface area is 204 Å². The number of benzene rings is 3. The number of hydrogen-bond donors (Lipinski definition) is 1. The van der Waals surface area contributed by atoms with Crippen LogP contribution in [0.5, 0.6) is 11.5 Å². The summed E-state index contributed by atoms with van der Waals surface area (Å²) in [5.74, 6) is 3.65. The summed E-state index contributed by atoms with van der Waals surface area (Å²) in [7, 11) is 0. The number of rotatable bonds is 6. The molecule has 1 aliphatic rings. The highest BCUT2D eigenvalue weighted by Gasteiger charge is 2.36. The van der Waals surface area contributed by atoms with E-state index in [1.54, 1.807) is 4.90 Å². The molecule has 0 bridgehead atoms. The molecule has 3 aromatic carbocycles. The summed E-state index contributed by atoms with van der Waals surface area (Å²) in [6, 6.07) is 18.7. The zero-order valence-corrected chi connectivity index (χ0v) is 20.4. The second-order valence-corrected chi connectivity index (χ2v) is 8.85. The van der Waals surface area contributed by atoms with Crippen LogP contribution in [-0.4, -0.2) is 19.1 Å².